The Morgan fingerprint density at radius 2 is 1.67 bits per heavy atom. The van der Waals surface area contributed by atoms with Crippen LogP contribution in [0, 0.1) is 6.07 Å². The van der Waals surface area contributed by atoms with Crippen LogP contribution in [0.3, 0.4) is 0 Å². The van der Waals surface area contributed by atoms with Gasteiger partial charge in [-0.1, -0.05) is 42.5 Å². The second-order valence-corrected chi connectivity index (χ2v) is 5.85. The molecule has 0 spiro atoms. The molecule has 3 aromatic carbocycles. The normalized spacial score (nSPS) is 10.3. The van der Waals surface area contributed by atoms with E-state index < -0.39 is 0 Å². The van der Waals surface area contributed by atoms with E-state index >= 15 is 0 Å². The summed E-state index contributed by atoms with van der Waals surface area (Å²) in [7, 11) is 1.63. The van der Waals surface area contributed by atoms with Crippen molar-refractivity contribution in [3.63, 3.8) is 0 Å². The maximum Gasteiger partial charge on any atom is 0.165 e. The first-order chi connectivity index (χ1) is 12.8. The number of methoxy groups -OCH3 is 1. The van der Waals surface area contributed by atoms with Gasteiger partial charge in [0.05, 0.1) is 7.11 Å². The molecule has 142 valence electrons. The van der Waals surface area contributed by atoms with E-state index in [-0.39, 0.29) is 5.56 Å². The molecule has 4 nitrogen and oxygen atoms in total. The summed E-state index contributed by atoms with van der Waals surface area (Å²) < 4.78 is 6.94. The van der Waals surface area contributed by atoms with E-state index in [0.29, 0.717) is 5.69 Å². The molecule has 4 rings (SSSR count). The molecule has 0 aliphatic carbocycles. The Kier molecular flexibility index (Phi) is 4.58. The number of hydrogen-bond donors (Lipinski definition) is 1. The monoisotopic (exact) mass is 600 g/mol. The average Bonchev–Trinajstić information content (AvgIpc) is 2.69. The number of anilines is 2. The zero-order valence-corrected chi connectivity index (χ0v) is 16.8. The van der Waals surface area contributed by atoms with Crippen LogP contribution in [0.15, 0.2) is 83.7 Å². The van der Waals surface area contributed by atoms with E-state index in [9.17, 15) is 4.79 Å². The molecule has 0 amide bonds. The number of hydrogen-bond acceptors (Lipinski definition) is 3. The number of pyridine rings is 1. The third-order valence-corrected chi connectivity index (χ3v) is 4.20. The van der Waals surface area contributed by atoms with Crippen LogP contribution in [0.4, 0.5) is 11.4 Å². The summed E-state index contributed by atoms with van der Waals surface area (Å²) in [5, 5.41) is 4.21. The predicted molar refractivity (Wildman–Crippen MR) is 105 cm³/mol. The van der Waals surface area contributed by atoms with Crippen molar-refractivity contribution >= 4 is 22.3 Å². The third-order valence-electron chi connectivity index (χ3n) is 4.20. The second-order valence-electron chi connectivity index (χ2n) is 5.85. The van der Waals surface area contributed by atoms with Crippen LogP contribution in [-0.4, -0.2) is 11.7 Å². The van der Waals surface area contributed by atoms with Gasteiger partial charge < -0.3 is 14.6 Å². The number of rotatable bonds is 4. The van der Waals surface area contributed by atoms with Gasteiger partial charge in [0.1, 0.15) is 5.75 Å². The summed E-state index contributed by atoms with van der Waals surface area (Å²) in [5.41, 5.74) is 2.92. The number of para-hydroxylation sites is 2. The smallest absolute Gasteiger partial charge is 0.165 e. The van der Waals surface area contributed by atoms with Crippen molar-refractivity contribution in [3.8, 4) is 11.4 Å². The zero-order valence-electron chi connectivity index (χ0n) is 14.5. The van der Waals surface area contributed by atoms with Gasteiger partial charge in [0.2, 0.25) is 0 Å². The Hall–Kier alpha value is -4.53. The second kappa shape index (κ2) is 7.15. The van der Waals surface area contributed by atoms with Gasteiger partial charge in [-0.05, 0) is 29.8 Å². The van der Waals surface area contributed by atoms with Gasteiger partial charge >= 0.3 is 0 Å². The fourth-order valence-electron chi connectivity index (χ4n) is 3.00. The molecule has 27 heavy (non-hydrogen) atoms. The number of ether oxygens (including phenoxy) is 1. The van der Waals surface area contributed by atoms with E-state index in [1.165, 1.54) is 0 Å². The van der Waals surface area contributed by atoms with Crippen LogP contribution in [-0.2, 0) is 0 Å². The van der Waals surface area contributed by atoms with E-state index in [2.05, 4.69) is 11.4 Å². The Balaban J connectivity index is 0.00000210. The third kappa shape index (κ3) is 3.20. The fourth-order valence-corrected chi connectivity index (χ4v) is 3.00. The van der Waals surface area contributed by atoms with Crippen LogP contribution in [0.5, 0.6) is 5.75 Å². The van der Waals surface area contributed by atoms with Crippen LogP contribution in [0.2, 0.25) is 0 Å². The predicted octanol–water partition coefficient (Wildman–Crippen LogP) is 4.54. The van der Waals surface area contributed by atoms with Gasteiger partial charge in [-0.25, -0.2) is 0 Å². The van der Waals surface area contributed by atoms with Crippen molar-refractivity contribution in [1.82, 2.24) is 4.57 Å². The number of fused-ring (bicyclic) bond motifs is 1. The quantitative estimate of drug-likeness (QED) is 0.350. The van der Waals surface area contributed by atoms with Crippen molar-refractivity contribution in [1.29, 1.82) is 0 Å². The SMILES string of the molecule is COc1cccc(Nc2[c-]c(=O)n(-c3ccccc3)c3ccccc23)c1.[No]. The summed E-state index contributed by atoms with van der Waals surface area (Å²) in [4.78, 5) is 12.8. The first-order valence-electron chi connectivity index (χ1n) is 8.30. The average molecular weight is 600 g/mol. The topological polar surface area (TPSA) is 43.3 Å². The summed E-state index contributed by atoms with van der Waals surface area (Å²) in [5.74, 6) is 0.747. The number of aromatic nitrogens is 1. The molecule has 0 atom stereocenters. The molecule has 0 aliphatic heterocycles. The molecule has 5 heteroatoms. The molecule has 0 fully saturated rings. The molecule has 0 saturated heterocycles. The van der Waals surface area contributed by atoms with Crippen molar-refractivity contribution in [2.24, 2.45) is 0 Å². The number of nitrogens with zero attached hydrogens (tertiary/aromatic N) is 1. The van der Waals surface area contributed by atoms with Crippen molar-refractivity contribution in [2.45, 2.75) is 0 Å². The number of nitrogens with one attached hydrogen (secondary N) is 1. The fraction of sp³-hybridized carbons (Fsp3) is 0.0455. The van der Waals surface area contributed by atoms with E-state index in [1.54, 1.807) is 11.7 Å². The minimum Gasteiger partial charge on any atom is -0.497 e. The first kappa shape index (κ1) is 17.3. The van der Waals surface area contributed by atoms with Crippen LogP contribution < -0.4 is 15.6 Å². The van der Waals surface area contributed by atoms with E-state index in [1.807, 2.05) is 78.9 Å². The molecular formula is C22H17N2NoO2-. The minimum atomic E-state index is -0.208. The maximum atomic E-state index is 12.8. The van der Waals surface area contributed by atoms with Gasteiger partial charge in [0, 0.05) is 17.4 Å². The standard InChI is InChI=1S/C22H17N2O2.No/c1-26-18-11-7-8-16(14-18)23-20-15-22(25)24(17-9-3-2-4-10-17)21-13-6-5-12-19(20)21;/h2-14,23H,1H3;/q-1;. The van der Waals surface area contributed by atoms with Crippen molar-refractivity contribution in [2.75, 3.05) is 12.4 Å². The van der Waals surface area contributed by atoms with Gasteiger partial charge in [0.25, 0.3) is 0 Å². The molecule has 4 aromatic rings. The van der Waals surface area contributed by atoms with Gasteiger partial charge in [-0.3, -0.25) is 4.79 Å². The maximum absolute atomic E-state index is 12.8. The minimum absolute atomic E-state index is 0. The molecule has 1 heterocycles. The Morgan fingerprint density at radius 1 is 0.926 bits per heavy atom. The molecule has 1 aromatic heterocycles. The summed E-state index contributed by atoms with van der Waals surface area (Å²) >= 11 is 0. The Morgan fingerprint density at radius 3 is 2.44 bits per heavy atom. The van der Waals surface area contributed by atoms with Gasteiger partial charge in [0.15, 0.2) is 5.56 Å². The van der Waals surface area contributed by atoms with Gasteiger partial charge in [-0.2, -0.15) is 6.07 Å². The molecular weight excluding hydrogens is 583 g/mol. The first-order valence-corrected chi connectivity index (χ1v) is 8.30. The molecule has 0 radical (unpaired) electrons. The largest absolute Gasteiger partial charge is 0.497 e. The summed E-state index contributed by atoms with van der Waals surface area (Å²) in [6.45, 7) is 0. The van der Waals surface area contributed by atoms with Crippen molar-refractivity contribution < 1.29 is 4.74 Å². The van der Waals surface area contributed by atoms with Gasteiger partial charge in [-0.15, -0.1) is 17.1 Å². The molecule has 0 saturated carbocycles. The summed E-state index contributed by atoms with van der Waals surface area (Å²) in [6, 6.07) is 27.9. The van der Waals surface area contributed by atoms with Crippen molar-refractivity contribution in [3.05, 3.63) is 95.3 Å². The Bertz CT molecular complexity index is 1120. The molecule has 0 bridgehead atoms. The van der Waals surface area contributed by atoms with Crippen LogP contribution >= 0.6 is 0 Å². The van der Waals surface area contributed by atoms with E-state index in [4.69, 9.17) is 4.74 Å². The van der Waals surface area contributed by atoms with Crippen LogP contribution in [0.1, 0.15) is 0 Å². The number of benzene rings is 3. The summed E-state index contributed by atoms with van der Waals surface area (Å²) in [6.07, 6.45) is 0. The molecule has 1 N–H and O–H groups in total. The molecule has 0 unspecified atom stereocenters. The molecule has 0 aliphatic rings. The van der Waals surface area contributed by atoms with E-state index in [0.717, 1.165) is 28.0 Å². The Labute approximate surface area is 151 Å². The van der Waals surface area contributed by atoms with Crippen LogP contribution in [0.25, 0.3) is 16.6 Å². The zero-order chi connectivity index (χ0) is 17.9.